The topological polar surface area (TPSA) is 92.4 Å². The number of halogens is 1. The number of hydrogen-bond acceptors (Lipinski definition) is 6. The summed E-state index contributed by atoms with van der Waals surface area (Å²) < 4.78 is 15.2. The second-order valence-electron chi connectivity index (χ2n) is 8.66. The van der Waals surface area contributed by atoms with Crippen LogP contribution >= 0.6 is 11.3 Å². The van der Waals surface area contributed by atoms with E-state index in [1.165, 1.54) is 12.1 Å². The van der Waals surface area contributed by atoms with Gasteiger partial charge in [-0.15, -0.1) is 21.5 Å². The third kappa shape index (κ3) is 4.01. The molecule has 2 atom stereocenters. The molecule has 2 aromatic heterocycles. The Kier molecular flexibility index (Phi) is 5.72. The van der Waals surface area contributed by atoms with Crippen LogP contribution in [0.15, 0.2) is 53.5 Å². The first kappa shape index (κ1) is 22.9. The Hall–Kier alpha value is -3.85. The van der Waals surface area contributed by atoms with Crippen LogP contribution < -0.4 is 5.32 Å². The molecule has 178 valence electrons. The van der Waals surface area contributed by atoms with Gasteiger partial charge in [-0.3, -0.25) is 14.4 Å². The van der Waals surface area contributed by atoms with Crippen molar-refractivity contribution in [3.63, 3.8) is 0 Å². The van der Waals surface area contributed by atoms with Gasteiger partial charge < -0.3 is 10.4 Å². The van der Waals surface area contributed by atoms with Crippen molar-refractivity contribution in [3.8, 4) is 5.00 Å². The molecular weight excluding hydrogens is 465 g/mol. The number of anilines is 2. The average Bonchev–Trinajstić information content (AvgIpc) is 3.30. The van der Waals surface area contributed by atoms with Gasteiger partial charge in [0.25, 0.3) is 0 Å². The average molecular weight is 490 g/mol. The highest BCUT2D eigenvalue weighted by atomic mass is 32.1. The SMILES string of the molecule is Cc1sc2c(c1C)C(c1ccc(Nc3ccc(F)cc3)cc1)=NC([C@H](C)C(=O)O)c1nnc(C)n1-2. The first-order valence-corrected chi connectivity index (χ1v) is 12.0. The van der Waals surface area contributed by atoms with E-state index in [0.29, 0.717) is 11.6 Å². The second-order valence-corrected chi connectivity index (χ2v) is 9.87. The number of rotatable bonds is 5. The Balaban J connectivity index is 1.63. The lowest BCUT2D eigenvalue weighted by Gasteiger charge is -2.16. The molecule has 2 aromatic carbocycles. The zero-order valence-corrected chi connectivity index (χ0v) is 20.5. The number of carbonyl (C=O) groups is 1. The Labute approximate surface area is 206 Å². The summed E-state index contributed by atoms with van der Waals surface area (Å²) in [6.45, 7) is 7.65. The summed E-state index contributed by atoms with van der Waals surface area (Å²) in [4.78, 5) is 18.2. The second kappa shape index (κ2) is 8.74. The summed E-state index contributed by atoms with van der Waals surface area (Å²) in [5, 5.41) is 22.6. The smallest absolute Gasteiger partial charge is 0.308 e. The van der Waals surface area contributed by atoms with Crippen LogP contribution in [0.2, 0.25) is 0 Å². The predicted molar refractivity (Wildman–Crippen MR) is 135 cm³/mol. The van der Waals surface area contributed by atoms with E-state index in [1.54, 1.807) is 30.4 Å². The number of fused-ring (bicyclic) bond motifs is 3. The van der Waals surface area contributed by atoms with Gasteiger partial charge in [-0.2, -0.15) is 0 Å². The van der Waals surface area contributed by atoms with Crippen molar-refractivity contribution in [2.24, 2.45) is 10.9 Å². The summed E-state index contributed by atoms with van der Waals surface area (Å²) in [6.07, 6.45) is 0. The van der Waals surface area contributed by atoms with E-state index < -0.39 is 17.9 Å². The van der Waals surface area contributed by atoms with Crippen molar-refractivity contribution >= 4 is 34.4 Å². The molecule has 2 N–H and O–H groups in total. The monoisotopic (exact) mass is 489 g/mol. The lowest BCUT2D eigenvalue weighted by atomic mass is 9.98. The molecule has 4 aromatic rings. The number of nitrogens with zero attached hydrogens (tertiary/aromatic N) is 4. The Bertz CT molecular complexity index is 1450. The Morgan fingerprint density at radius 2 is 1.69 bits per heavy atom. The van der Waals surface area contributed by atoms with Gasteiger partial charge in [-0.05, 0) is 69.7 Å². The molecule has 1 aliphatic heterocycles. The summed E-state index contributed by atoms with van der Waals surface area (Å²) in [7, 11) is 0. The largest absolute Gasteiger partial charge is 0.481 e. The number of benzene rings is 2. The van der Waals surface area contributed by atoms with Crippen LogP contribution in [0, 0.1) is 32.5 Å². The van der Waals surface area contributed by atoms with E-state index in [4.69, 9.17) is 4.99 Å². The number of nitrogens with one attached hydrogen (secondary N) is 1. The van der Waals surface area contributed by atoms with Gasteiger partial charge in [0, 0.05) is 27.4 Å². The molecule has 0 fully saturated rings. The van der Waals surface area contributed by atoms with Crippen LogP contribution in [0.1, 0.15) is 46.2 Å². The molecule has 0 aliphatic carbocycles. The summed E-state index contributed by atoms with van der Waals surface area (Å²) in [5.41, 5.74) is 5.29. The number of hydrogen-bond donors (Lipinski definition) is 2. The van der Waals surface area contributed by atoms with Gasteiger partial charge >= 0.3 is 5.97 Å². The summed E-state index contributed by atoms with van der Waals surface area (Å²) in [6, 6.07) is 13.3. The van der Waals surface area contributed by atoms with Crippen LogP contribution in [0.3, 0.4) is 0 Å². The van der Waals surface area contributed by atoms with E-state index >= 15 is 0 Å². The molecule has 0 amide bonds. The number of aliphatic carboxylic acids is 1. The Morgan fingerprint density at radius 3 is 2.31 bits per heavy atom. The van der Waals surface area contributed by atoms with Gasteiger partial charge in [-0.25, -0.2) is 4.39 Å². The Morgan fingerprint density at radius 1 is 1.06 bits per heavy atom. The standard InChI is InChI=1S/C26H24FN5O2S/c1-13-15(3)35-25-21(13)23(29-22(14(2)26(33)34)24-31-30-16(4)32(24)25)17-5-9-19(10-6-17)28-20-11-7-18(27)8-12-20/h5-12,14,22,28H,1-4H3,(H,33,34)/t14-,22?/m0/s1. The minimum Gasteiger partial charge on any atom is -0.481 e. The van der Waals surface area contributed by atoms with E-state index in [0.717, 1.165) is 43.7 Å². The van der Waals surface area contributed by atoms with Crippen molar-refractivity contribution in [1.29, 1.82) is 0 Å². The van der Waals surface area contributed by atoms with Crippen molar-refractivity contribution in [1.82, 2.24) is 14.8 Å². The molecule has 5 rings (SSSR count). The maximum Gasteiger partial charge on any atom is 0.308 e. The quantitative estimate of drug-likeness (QED) is 0.372. The zero-order valence-electron chi connectivity index (χ0n) is 19.7. The summed E-state index contributed by atoms with van der Waals surface area (Å²) >= 11 is 1.63. The van der Waals surface area contributed by atoms with E-state index in [1.807, 2.05) is 35.8 Å². The molecule has 0 radical (unpaired) electrons. The molecule has 3 heterocycles. The third-order valence-corrected chi connectivity index (χ3v) is 7.54. The van der Waals surface area contributed by atoms with Gasteiger partial charge in [0.15, 0.2) is 5.82 Å². The number of carboxylic acid groups (broad SMARTS) is 1. The van der Waals surface area contributed by atoms with Crippen LogP contribution in [0.4, 0.5) is 15.8 Å². The highest BCUT2D eigenvalue weighted by Gasteiger charge is 2.36. The van der Waals surface area contributed by atoms with Gasteiger partial charge in [0.2, 0.25) is 0 Å². The first-order valence-electron chi connectivity index (χ1n) is 11.2. The fourth-order valence-electron chi connectivity index (χ4n) is 4.23. The molecule has 35 heavy (non-hydrogen) atoms. The number of aliphatic imine (C=N–C) groups is 1. The fraction of sp³-hybridized carbons (Fsp3) is 0.231. The molecule has 1 aliphatic rings. The lowest BCUT2D eigenvalue weighted by molar-refractivity contribution is -0.141. The minimum absolute atomic E-state index is 0.287. The molecule has 0 saturated heterocycles. The van der Waals surface area contributed by atoms with Crippen molar-refractivity contribution in [2.45, 2.75) is 33.7 Å². The molecule has 1 unspecified atom stereocenters. The summed E-state index contributed by atoms with van der Waals surface area (Å²) in [5.74, 6) is -0.792. The highest BCUT2D eigenvalue weighted by molar-refractivity contribution is 7.15. The zero-order chi connectivity index (χ0) is 24.9. The highest BCUT2D eigenvalue weighted by Crippen LogP contribution is 2.40. The van der Waals surface area contributed by atoms with E-state index in [2.05, 4.69) is 29.4 Å². The van der Waals surface area contributed by atoms with Crippen molar-refractivity contribution in [2.75, 3.05) is 5.32 Å². The molecule has 9 heteroatoms. The number of aryl methyl sites for hydroxylation is 2. The molecule has 0 spiro atoms. The maximum absolute atomic E-state index is 13.2. The van der Waals surface area contributed by atoms with Crippen molar-refractivity contribution in [3.05, 3.63) is 87.6 Å². The third-order valence-electron chi connectivity index (χ3n) is 6.34. The molecule has 0 bridgehead atoms. The van der Waals surface area contributed by atoms with Gasteiger partial charge in [0.1, 0.15) is 22.7 Å². The maximum atomic E-state index is 13.2. The van der Waals surface area contributed by atoms with E-state index in [-0.39, 0.29) is 5.82 Å². The normalized spacial score (nSPS) is 15.6. The number of aromatic nitrogens is 3. The van der Waals surface area contributed by atoms with Crippen LogP contribution in [0.25, 0.3) is 5.00 Å². The molecule has 0 saturated carbocycles. The number of carboxylic acids is 1. The van der Waals surface area contributed by atoms with Gasteiger partial charge in [-0.1, -0.05) is 12.1 Å². The van der Waals surface area contributed by atoms with Crippen LogP contribution in [0.5, 0.6) is 0 Å². The predicted octanol–water partition coefficient (Wildman–Crippen LogP) is 5.75. The molecule has 7 nitrogen and oxygen atoms in total. The van der Waals surface area contributed by atoms with Gasteiger partial charge in [0.05, 0.1) is 11.6 Å². The molecular formula is C26H24FN5O2S. The van der Waals surface area contributed by atoms with Crippen molar-refractivity contribution < 1.29 is 14.3 Å². The fourth-order valence-corrected chi connectivity index (χ4v) is 5.44. The van der Waals surface area contributed by atoms with Crippen LogP contribution in [-0.2, 0) is 4.79 Å². The lowest BCUT2D eigenvalue weighted by Crippen LogP contribution is -2.21. The van der Waals surface area contributed by atoms with Crippen LogP contribution in [-0.4, -0.2) is 31.6 Å². The van der Waals surface area contributed by atoms with E-state index in [9.17, 15) is 14.3 Å². The first-order chi connectivity index (χ1) is 16.7. The minimum atomic E-state index is -0.942. The number of thiophene rings is 1.